The number of hydrogen-bond donors (Lipinski definition) is 0. The number of aromatic nitrogens is 6. The second-order valence-corrected chi connectivity index (χ2v) is 4.77. The SMILES string of the molecule is Cc1ccc2nn(Cn3nc4ccccc4n3)nc2c1. The highest BCUT2D eigenvalue weighted by Crippen LogP contribution is 2.11. The quantitative estimate of drug-likeness (QED) is 0.555. The molecule has 0 aliphatic rings. The van der Waals surface area contributed by atoms with Gasteiger partial charge in [-0.15, -0.1) is 0 Å². The third-order valence-corrected chi connectivity index (χ3v) is 3.16. The molecule has 2 heterocycles. The van der Waals surface area contributed by atoms with Crippen LogP contribution in [-0.2, 0) is 6.67 Å². The van der Waals surface area contributed by atoms with Crippen LogP contribution in [0.2, 0.25) is 0 Å². The average Bonchev–Trinajstić information content (AvgIpc) is 3.00. The average molecular weight is 264 g/mol. The van der Waals surface area contributed by atoms with Crippen LogP contribution >= 0.6 is 0 Å². The summed E-state index contributed by atoms with van der Waals surface area (Å²) in [7, 11) is 0. The first-order chi connectivity index (χ1) is 9.78. The van der Waals surface area contributed by atoms with Crippen molar-refractivity contribution in [3.63, 3.8) is 0 Å². The van der Waals surface area contributed by atoms with Crippen molar-refractivity contribution < 1.29 is 0 Å². The van der Waals surface area contributed by atoms with E-state index in [-0.39, 0.29) is 0 Å². The number of nitrogens with zero attached hydrogens (tertiary/aromatic N) is 6. The van der Waals surface area contributed by atoms with Crippen molar-refractivity contribution >= 4 is 22.1 Å². The van der Waals surface area contributed by atoms with E-state index in [9.17, 15) is 0 Å². The second-order valence-electron chi connectivity index (χ2n) is 4.77. The summed E-state index contributed by atoms with van der Waals surface area (Å²) in [6, 6.07) is 13.8. The lowest BCUT2D eigenvalue weighted by atomic mass is 10.2. The molecule has 0 saturated heterocycles. The molecule has 0 spiro atoms. The first-order valence-electron chi connectivity index (χ1n) is 6.39. The molecule has 4 aromatic rings. The molecule has 2 aromatic carbocycles. The molecule has 0 saturated carbocycles. The van der Waals surface area contributed by atoms with Gasteiger partial charge >= 0.3 is 0 Å². The number of rotatable bonds is 2. The number of benzene rings is 2. The zero-order valence-electron chi connectivity index (χ0n) is 10.9. The highest BCUT2D eigenvalue weighted by atomic mass is 15.6. The minimum atomic E-state index is 0.405. The molecule has 0 aliphatic carbocycles. The first kappa shape index (κ1) is 11.1. The lowest BCUT2D eigenvalue weighted by Gasteiger charge is -1.96. The molecule has 0 bridgehead atoms. The normalized spacial score (nSPS) is 11.4. The van der Waals surface area contributed by atoms with E-state index < -0.39 is 0 Å². The lowest BCUT2D eigenvalue weighted by molar-refractivity contribution is 0.421. The summed E-state index contributed by atoms with van der Waals surface area (Å²) >= 11 is 0. The van der Waals surface area contributed by atoms with Crippen LogP contribution in [0, 0.1) is 6.92 Å². The topological polar surface area (TPSA) is 61.4 Å². The minimum absolute atomic E-state index is 0.405. The molecule has 0 radical (unpaired) electrons. The number of fused-ring (bicyclic) bond motifs is 2. The van der Waals surface area contributed by atoms with Crippen LogP contribution in [0.3, 0.4) is 0 Å². The van der Waals surface area contributed by atoms with Gasteiger partial charge in [-0.05, 0) is 36.8 Å². The van der Waals surface area contributed by atoms with Crippen LogP contribution in [0.4, 0.5) is 0 Å². The molecular formula is C14H12N6. The molecule has 0 atom stereocenters. The molecule has 0 aliphatic heterocycles. The Labute approximate surface area is 114 Å². The molecule has 4 rings (SSSR count). The Kier molecular flexibility index (Phi) is 2.29. The molecule has 0 fully saturated rings. The van der Waals surface area contributed by atoms with Gasteiger partial charge in [0.25, 0.3) is 0 Å². The van der Waals surface area contributed by atoms with Gasteiger partial charge in [-0.3, -0.25) is 0 Å². The van der Waals surface area contributed by atoms with Crippen LogP contribution in [0.5, 0.6) is 0 Å². The Morgan fingerprint density at radius 2 is 1.30 bits per heavy atom. The summed E-state index contributed by atoms with van der Waals surface area (Å²) in [5.74, 6) is 0. The van der Waals surface area contributed by atoms with Gasteiger partial charge in [0.2, 0.25) is 0 Å². The third-order valence-electron chi connectivity index (χ3n) is 3.16. The maximum atomic E-state index is 4.44. The van der Waals surface area contributed by atoms with Crippen LogP contribution in [0.15, 0.2) is 42.5 Å². The van der Waals surface area contributed by atoms with Gasteiger partial charge in [0.1, 0.15) is 22.1 Å². The monoisotopic (exact) mass is 264 g/mol. The van der Waals surface area contributed by atoms with E-state index in [1.165, 1.54) is 5.56 Å². The molecule has 6 nitrogen and oxygen atoms in total. The Morgan fingerprint density at radius 1 is 0.750 bits per heavy atom. The predicted octanol–water partition coefficient (Wildman–Crippen LogP) is 1.99. The third kappa shape index (κ3) is 1.82. The smallest absolute Gasteiger partial charge is 0.160 e. The van der Waals surface area contributed by atoms with E-state index in [1.54, 1.807) is 9.59 Å². The van der Waals surface area contributed by atoms with Crippen molar-refractivity contribution in [2.75, 3.05) is 0 Å². The van der Waals surface area contributed by atoms with Gasteiger partial charge in [0.05, 0.1) is 0 Å². The van der Waals surface area contributed by atoms with Crippen LogP contribution < -0.4 is 0 Å². The fraction of sp³-hybridized carbons (Fsp3) is 0.143. The van der Waals surface area contributed by atoms with E-state index in [1.807, 2.05) is 49.4 Å². The molecule has 0 unspecified atom stereocenters. The van der Waals surface area contributed by atoms with E-state index >= 15 is 0 Å². The molecular weight excluding hydrogens is 252 g/mol. The van der Waals surface area contributed by atoms with Crippen molar-refractivity contribution in [3.8, 4) is 0 Å². The summed E-state index contributed by atoms with van der Waals surface area (Å²) in [5.41, 5.74) is 4.70. The maximum Gasteiger partial charge on any atom is 0.172 e. The van der Waals surface area contributed by atoms with Gasteiger partial charge in [-0.25, -0.2) is 0 Å². The summed E-state index contributed by atoms with van der Waals surface area (Å²) in [4.78, 5) is 3.22. The van der Waals surface area contributed by atoms with Crippen molar-refractivity contribution in [2.24, 2.45) is 0 Å². The van der Waals surface area contributed by atoms with Gasteiger partial charge in [-0.1, -0.05) is 18.2 Å². The molecule has 98 valence electrons. The van der Waals surface area contributed by atoms with E-state index in [2.05, 4.69) is 20.4 Å². The van der Waals surface area contributed by atoms with Gasteiger partial charge in [0.15, 0.2) is 6.67 Å². The Hall–Kier alpha value is -2.76. The van der Waals surface area contributed by atoms with Gasteiger partial charge in [0, 0.05) is 0 Å². The van der Waals surface area contributed by atoms with Crippen molar-refractivity contribution in [1.29, 1.82) is 0 Å². The fourth-order valence-corrected chi connectivity index (χ4v) is 2.21. The lowest BCUT2D eigenvalue weighted by Crippen LogP contribution is -2.13. The molecule has 2 aromatic heterocycles. The number of hydrogen-bond acceptors (Lipinski definition) is 4. The molecule has 0 N–H and O–H groups in total. The van der Waals surface area contributed by atoms with E-state index in [0.29, 0.717) is 6.67 Å². The van der Waals surface area contributed by atoms with E-state index in [4.69, 9.17) is 0 Å². The largest absolute Gasteiger partial charge is 0.172 e. The Balaban J connectivity index is 1.72. The van der Waals surface area contributed by atoms with Crippen LogP contribution in [0.25, 0.3) is 22.1 Å². The second kappa shape index (κ2) is 4.12. The highest BCUT2D eigenvalue weighted by molar-refractivity contribution is 5.74. The predicted molar refractivity (Wildman–Crippen MR) is 75.2 cm³/mol. The summed E-state index contributed by atoms with van der Waals surface area (Å²) in [6.07, 6.45) is 0. The van der Waals surface area contributed by atoms with Crippen molar-refractivity contribution in [3.05, 3.63) is 48.0 Å². The van der Waals surface area contributed by atoms with Crippen LogP contribution in [-0.4, -0.2) is 30.0 Å². The molecule has 0 amide bonds. The Morgan fingerprint density at radius 3 is 1.95 bits per heavy atom. The fourth-order valence-electron chi connectivity index (χ4n) is 2.21. The minimum Gasteiger partial charge on any atom is -0.160 e. The molecule has 6 heteroatoms. The highest BCUT2D eigenvalue weighted by Gasteiger charge is 2.05. The summed E-state index contributed by atoms with van der Waals surface area (Å²) in [6.45, 7) is 2.45. The van der Waals surface area contributed by atoms with Gasteiger partial charge < -0.3 is 0 Å². The van der Waals surface area contributed by atoms with Crippen molar-refractivity contribution in [2.45, 2.75) is 13.6 Å². The molecule has 20 heavy (non-hydrogen) atoms. The number of aryl methyl sites for hydroxylation is 1. The standard InChI is InChI=1S/C14H12N6/c1-10-6-7-13-14(8-10)18-20(17-13)9-19-15-11-4-2-3-5-12(11)16-19/h2-8H,9H2,1H3. The Bertz CT molecular complexity index is 871. The summed E-state index contributed by atoms with van der Waals surface area (Å²) in [5, 5.41) is 17.7. The summed E-state index contributed by atoms with van der Waals surface area (Å²) < 4.78 is 0. The first-order valence-corrected chi connectivity index (χ1v) is 6.39. The van der Waals surface area contributed by atoms with Crippen LogP contribution in [0.1, 0.15) is 5.56 Å². The van der Waals surface area contributed by atoms with Crippen molar-refractivity contribution in [1.82, 2.24) is 30.0 Å². The zero-order valence-corrected chi connectivity index (χ0v) is 10.9. The zero-order chi connectivity index (χ0) is 13.5. The van der Waals surface area contributed by atoms with E-state index in [0.717, 1.165) is 22.1 Å². The van der Waals surface area contributed by atoms with Gasteiger partial charge in [-0.2, -0.15) is 30.0 Å². The maximum absolute atomic E-state index is 4.44.